The van der Waals surface area contributed by atoms with Crippen LogP contribution in [0.3, 0.4) is 0 Å². The van der Waals surface area contributed by atoms with E-state index in [1.807, 2.05) is 18.2 Å². The lowest BCUT2D eigenvalue weighted by Crippen LogP contribution is -2.35. The molecule has 0 atom stereocenters. The third kappa shape index (κ3) is 4.25. The van der Waals surface area contributed by atoms with Crippen LogP contribution in [0.2, 0.25) is 0 Å². The monoisotopic (exact) mass is 413 g/mol. The molecule has 1 fully saturated rings. The van der Waals surface area contributed by atoms with Crippen LogP contribution in [-0.4, -0.2) is 34.6 Å². The van der Waals surface area contributed by atoms with Crippen molar-refractivity contribution in [1.82, 2.24) is 14.9 Å². The summed E-state index contributed by atoms with van der Waals surface area (Å²) < 4.78 is 6.16. The smallest absolute Gasteiger partial charge is 0.222 e. The third-order valence-corrected chi connectivity index (χ3v) is 6.13. The van der Waals surface area contributed by atoms with Gasteiger partial charge in [0, 0.05) is 6.54 Å². The number of nitrogens with zero attached hydrogens (tertiary/aromatic N) is 3. The van der Waals surface area contributed by atoms with Crippen molar-refractivity contribution in [1.29, 1.82) is 0 Å². The second kappa shape index (κ2) is 8.40. The molecule has 5 rings (SSSR count). The van der Waals surface area contributed by atoms with E-state index in [2.05, 4.69) is 57.3 Å². The SMILES string of the molecule is Nc1nc(N)c2c(OCC3CCN(Cc4ccc5ccccc5c4)CC3)cccc2n1. The van der Waals surface area contributed by atoms with Crippen molar-refractivity contribution < 1.29 is 4.74 Å². The lowest BCUT2D eigenvalue weighted by atomic mass is 9.97. The van der Waals surface area contributed by atoms with Crippen LogP contribution in [0.25, 0.3) is 21.7 Å². The quantitative estimate of drug-likeness (QED) is 0.509. The van der Waals surface area contributed by atoms with E-state index in [0.717, 1.165) is 43.6 Å². The molecule has 4 N–H and O–H groups in total. The van der Waals surface area contributed by atoms with Gasteiger partial charge in [-0.15, -0.1) is 0 Å². The largest absolute Gasteiger partial charge is 0.492 e. The summed E-state index contributed by atoms with van der Waals surface area (Å²) in [4.78, 5) is 10.9. The molecular formula is C25H27N5O. The van der Waals surface area contributed by atoms with Gasteiger partial charge in [0.15, 0.2) is 0 Å². The molecule has 6 nitrogen and oxygen atoms in total. The number of piperidine rings is 1. The van der Waals surface area contributed by atoms with Gasteiger partial charge in [-0.25, -0.2) is 4.98 Å². The molecule has 31 heavy (non-hydrogen) atoms. The fraction of sp³-hybridized carbons (Fsp3) is 0.280. The first-order chi connectivity index (χ1) is 15.2. The number of anilines is 2. The standard InChI is InChI=1S/C25H27N5O/c26-24-23-21(28-25(27)29-24)6-3-7-22(23)31-16-17-10-12-30(13-11-17)15-18-8-9-19-4-1-2-5-20(19)14-18/h1-9,14,17H,10-13,15-16H2,(H4,26,27,28,29). The number of hydrogen-bond donors (Lipinski definition) is 2. The summed E-state index contributed by atoms with van der Waals surface area (Å²) >= 11 is 0. The lowest BCUT2D eigenvalue weighted by molar-refractivity contribution is 0.137. The van der Waals surface area contributed by atoms with Gasteiger partial charge in [-0.2, -0.15) is 4.98 Å². The van der Waals surface area contributed by atoms with E-state index in [-0.39, 0.29) is 5.95 Å². The van der Waals surface area contributed by atoms with Crippen LogP contribution in [0.1, 0.15) is 18.4 Å². The van der Waals surface area contributed by atoms with Crippen LogP contribution in [0.5, 0.6) is 5.75 Å². The molecule has 158 valence electrons. The van der Waals surface area contributed by atoms with Crippen LogP contribution in [0.4, 0.5) is 11.8 Å². The summed E-state index contributed by atoms with van der Waals surface area (Å²) in [5, 5.41) is 3.35. The molecule has 0 spiro atoms. The number of aromatic nitrogens is 2. The minimum atomic E-state index is 0.181. The van der Waals surface area contributed by atoms with E-state index in [1.54, 1.807) is 0 Å². The van der Waals surface area contributed by atoms with Gasteiger partial charge in [0.05, 0.1) is 17.5 Å². The first-order valence-corrected chi connectivity index (χ1v) is 10.8. The molecule has 1 saturated heterocycles. The van der Waals surface area contributed by atoms with Crippen molar-refractivity contribution in [2.24, 2.45) is 5.92 Å². The van der Waals surface area contributed by atoms with E-state index in [1.165, 1.54) is 16.3 Å². The number of likely N-dealkylation sites (tertiary alicyclic amines) is 1. The molecule has 1 aromatic heterocycles. The molecule has 4 aromatic rings. The maximum absolute atomic E-state index is 6.16. The third-order valence-electron chi connectivity index (χ3n) is 6.13. The molecular weight excluding hydrogens is 386 g/mol. The van der Waals surface area contributed by atoms with Crippen molar-refractivity contribution in [3.63, 3.8) is 0 Å². The Balaban J connectivity index is 1.18. The molecule has 0 amide bonds. The van der Waals surface area contributed by atoms with Gasteiger partial charge in [0.1, 0.15) is 11.6 Å². The van der Waals surface area contributed by atoms with Gasteiger partial charge in [-0.3, -0.25) is 4.90 Å². The van der Waals surface area contributed by atoms with E-state index >= 15 is 0 Å². The highest BCUT2D eigenvalue weighted by Gasteiger charge is 2.20. The van der Waals surface area contributed by atoms with Gasteiger partial charge >= 0.3 is 0 Å². The Morgan fingerprint density at radius 3 is 2.55 bits per heavy atom. The number of nitrogen functional groups attached to an aromatic ring is 2. The number of rotatable bonds is 5. The Labute approximate surface area is 181 Å². The van der Waals surface area contributed by atoms with Crippen molar-refractivity contribution in [2.75, 3.05) is 31.2 Å². The Hall–Kier alpha value is -3.38. The fourth-order valence-electron chi connectivity index (χ4n) is 4.43. The van der Waals surface area contributed by atoms with Crippen molar-refractivity contribution in [3.8, 4) is 5.75 Å². The minimum absolute atomic E-state index is 0.181. The van der Waals surface area contributed by atoms with E-state index in [4.69, 9.17) is 16.2 Å². The second-order valence-corrected chi connectivity index (χ2v) is 8.33. The summed E-state index contributed by atoms with van der Waals surface area (Å²) in [5.74, 6) is 1.80. The number of hydrogen-bond acceptors (Lipinski definition) is 6. The maximum Gasteiger partial charge on any atom is 0.222 e. The topological polar surface area (TPSA) is 90.3 Å². The van der Waals surface area contributed by atoms with Crippen molar-refractivity contribution >= 4 is 33.4 Å². The molecule has 1 aliphatic heterocycles. The van der Waals surface area contributed by atoms with Gasteiger partial charge in [0.2, 0.25) is 5.95 Å². The fourth-order valence-corrected chi connectivity index (χ4v) is 4.43. The molecule has 0 saturated carbocycles. The Morgan fingerprint density at radius 2 is 1.71 bits per heavy atom. The average Bonchev–Trinajstić information content (AvgIpc) is 2.78. The molecule has 0 aliphatic carbocycles. The lowest BCUT2D eigenvalue weighted by Gasteiger charge is -2.32. The first-order valence-electron chi connectivity index (χ1n) is 10.8. The molecule has 0 bridgehead atoms. The van der Waals surface area contributed by atoms with E-state index in [0.29, 0.717) is 23.9 Å². The Morgan fingerprint density at radius 1 is 0.903 bits per heavy atom. The predicted molar refractivity (Wildman–Crippen MR) is 126 cm³/mol. The highest BCUT2D eigenvalue weighted by molar-refractivity contribution is 5.94. The highest BCUT2D eigenvalue weighted by Crippen LogP contribution is 2.30. The molecule has 1 aliphatic rings. The molecule has 0 unspecified atom stereocenters. The van der Waals surface area contributed by atoms with E-state index < -0.39 is 0 Å². The molecule has 0 radical (unpaired) electrons. The Kier molecular flexibility index (Phi) is 5.30. The van der Waals surface area contributed by atoms with Crippen LogP contribution in [-0.2, 0) is 6.54 Å². The zero-order valence-corrected chi connectivity index (χ0v) is 17.5. The summed E-state index contributed by atoms with van der Waals surface area (Å²) in [6.07, 6.45) is 2.24. The number of ether oxygens (including phenoxy) is 1. The van der Waals surface area contributed by atoms with Crippen LogP contribution in [0.15, 0.2) is 60.7 Å². The minimum Gasteiger partial charge on any atom is -0.492 e. The summed E-state index contributed by atoms with van der Waals surface area (Å²) in [7, 11) is 0. The average molecular weight is 414 g/mol. The zero-order chi connectivity index (χ0) is 21.2. The van der Waals surface area contributed by atoms with Crippen LogP contribution in [0, 0.1) is 5.92 Å². The van der Waals surface area contributed by atoms with Gasteiger partial charge in [-0.1, -0.05) is 42.5 Å². The summed E-state index contributed by atoms with van der Waals surface area (Å²) in [6, 6.07) is 21.0. The van der Waals surface area contributed by atoms with Gasteiger partial charge in [0.25, 0.3) is 0 Å². The van der Waals surface area contributed by atoms with Gasteiger partial charge in [-0.05, 0) is 66.4 Å². The summed E-state index contributed by atoms with van der Waals surface area (Å²) in [5.41, 5.74) is 13.9. The molecule has 6 heteroatoms. The Bertz CT molecular complexity index is 1220. The summed E-state index contributed by atoms with van der Waals surface area (Å²) in [6.45, 7) is 3.83. The molecule has 3 aromatic carbocycles. The van der Waals surface area contributed by atoms with Crippen molar-refractivity contribution in [3.05, 3.63) is 66.2 Å². The van der Waals surface area contributed by atoms with Crippen molar-refractivity contribution in [2.45, 2.75) is 19.4 Å². The number of fused-ring (bicyclic) bond motifs is 2. The van der Waals surface area contributed by atoms with Crippen LogP contribution < -0.4 is 16.2 Å². The predicted octanol–water partition coefficient (Wildman–Crippen LogP) is 4.24. The number of benzene rings is 3. The zero-order valence-electron chi connectivity index (χ0n) is 17.5. The maximum atomic E-state index is 6.16. The van der Waals surface area contributed by atoms with Gasteiger partial charge < -0.3 is 16.2 Å². The first kappa shape index (κ1) is 19.6. The van der Waals surface area contributed by atoms with Crippen LogP contribution >= 0.6 is 0 Å². The van der Waals surface area contributed by atoms with E-state index in [9.17, 15) is 0 Å². The second-order valence-electron chi connectivity index (χ2n) is 8.33. The number of nitrogens with two attached hydrogens (primary N) is 2. The highest BCUT2D eigenvalue weighted by atomic mass is 16.5. The molecule has 2 heterocycles. The normalized spacial score (nSPS) is 15.5.